The van der Waals surface area contributed by atoms with Crippen molar-refractivity contribution in [1.29, 1.82) is 0 Å². The monoisotopic (exact) mass is 209 g/mol. The molecule has 1 rings (SSSR count). The summed E-state index contributed by atoms with van der Waals surface area (Å²) in [6.45, 7) is 5.16. The van der Waals surface area contributed by atoms with Crippen LogP contribution in [-0.4, -0.2) is 47.3 Å². The Kier molecular flexibility index (Phi) is 4.56. The average Bonchev–Trinajstić information content (AvgIpc) is 2.76. The minimum absolute atomic E-state index is 0.121. The first-order valence-electron chi connectivity index (χ1n) is 4.66. The molecule has 0 aliphatic carbocycles. The van der Waals surface area contributed by atoms with Gasteiger partial charge in [-0.1, -0.05) is 6.08 Å². The first kappa shape index (κ1) is 11.5. The quantitative estimate of drug-likeness (QED) is 0.679. The van der Waals surface area contributed by atoms with Crippen molar-refractivity contribution in [2.75, 3.05) is 26.8 Å². The van der Waals surface area contributed by atoms with Crippen molar-refractivity contribution in [2.45, 2.75) is 0 Å². The Labute approximate surface area is 89.0 Å². The van der Waals surface area contributed by atoms with E-state index in [0.29, 0.717) is 19.7 Å². The molecule has 0 saturated heterocycles. The zero-order valence-electron chi connectivity index (χ0n) is 8.80. The molecule has 1 heterocycles. The summed E-state index contributed by atoms with van der Waals surface area (Å²) in [5, 5.41) is 0. The smallest absolute Gasteiger partial charge is 0.329 e. The van der Waals surface area contributed by atoms with E-state index >= 15 is 0 Å². The second kappa shape index (κ2) is 5.98. The number of hydrogen-bond acceptors (Lipinski definition) is 3. The molecule has 0 aliphatic heterocycles. The van der Waals surface area contributed by atoms with Crippen LogP contribution in [0, 0.1) is 0 Å². The van der Waals surface area contributed by atoms with Crippen molar-refractivity contribution in [3.63, 3.8) is 0 Å². The molecule has 5 nitrogen and oxygen atoms in total. The molecule has 0 radical (unpaired) electrons. The van der Waals surface area contributed by atoms with Gasteiger partial charge in [0.15, 0.2) is 0 Å². The van der Waals surface area contributed by atoms with E-state index in [1.807, 2.05) is 0 Å². The molecule has 1 aromatic heterocycles. The van der Waals surface area contributed by atoms with Gasteiger partial charge in [-0.25, -0.2) is 9.78 Å². The van der Waals surface area contributed by atoms with Crippen LogP contribution in [0.5, 0.6) is 0 Å². The van der Waals surface area contributed by atoms with Crippen LogP contribution in [0.1, 0.15) is 0 Å². The number of hydrogen-bond donors (Lipinski definition) is 0. The number of ether oxygens (including phenoxy) is 1. The molecule has 0 fully saturated rings. The van der Waals surface area contributed by atoms with Crippen molar-refractivity contribution in [3.05, 3.63) is 31.4 Å². The Morgan fingerprint density at radius 2 is 2.53 bits per heavy atom. The molecule has 0 aliphatic rings. The summed E-state index contributed by atoms with van der Waals surface area (Å²) in [6, 6.07) is -0.121. The zero-order chi connectivity index (χ0) is 11.1. The minimum Gasteiger partial charge on any atom is -0.383 e. The van der Waals surface area contributed by atoms with E-state index in [4.69, 9.17) is 4.74 Å². The fourth-order valence-electron chi connectivity index (χ4n) is 1.16. The number of rotatable bonds is 5. The maximum absolute atomic E-state index is 11.8. The van der Waals surface area contributed by atoms with E-state index in [1.54, 1.807) is 30.5 Å². The van der Waals surface area contributed by atoms with Gasteiger partial charge >= 0.3 is 6.03 Å². The predicted molar refractivity (Wildman–Crippen MR) is 56.7 cm³/mol. The second-order valence-electron chi connectivity index (χ2n) is 2.98. The van der Waals surface area contributed by atoms with E-state index in [2.05, 4.69) is 11.6 Å². The van der Waals surface area contributed by atoms with Gasteiger partial charge in [-0.3, -0.25) is 4.57 Å². The lowest BCUT2D eigenvalue weighted by Gasteiger charge is -2.20. The van der Waals surface area contributed by atoms with Crippen LogP contribution in [-0.2, 0) is 4.74 Å². The van der Waals surface area contributed by atoms with Gasteiger partial charge in [0.2, 0.25) is 0 Å². The van der Waals surface area contributed by atoms with Gasteiger partial charge in [0.1, 0.15) is 6.33 Å². The number of carbonyl (C=O) groups excluding carboxylic acids is 1. The molecule has 15 heavy (non-hydrogen) atoms. The molecule has 0 aromatic carbocycles. The summed E-state index contributed by atoms with van der Waals surface area (Å²) in [7, 11) is 1.60. The van der Waals surface area contributed by atoms with Gasteiger partial charge in [-0.2, -0.15) is 0 Å². The van der Waals surface area contributed by atoms with Crippen molar-refractivity contribution in [3.8, 4) is 0 Å². The van der Waals surface area contributed by atoms with Gasteiger partial charge in [-0.05, 0) is 0 Å². The predicted octanol–water partition coefficient (Wildman–Crippen LogP) is 0.986. The average molecular weight is 209 g/mol. The van der Waals surface area contributed by atoms with Gasteiger partial charge in [0.05, 0.1) is 6.61 Å². The number of methoxy groups -OCH3 is 1. The molecule has 5 heteroatoms. The third-order valence-electron chi connectivity index (χ3n) is 1.91. The summed E-state index contributed by atoms with van der Waals surface area (Å²) >= 11 is 0. The van der Waals surface area contributed by atoms with Gasteiger partial charge < -0.3 is 9.64 Å². The second-order valence-corrected chi connectivity index (χ2v) is 2.98. The Morgan fingerprint density at radius 3 is 3.07 bits per heavy atom. The van der Waals surface area contributed by atoms with E-state index in [0.717, 1.165) is 0 Å². The highest BCUT2D eigenvalue weighted by atomic mass is 16.5. The van der Waals surface area contributed by atoms with Crippen LogP contribution in [0.2, 0.25) is 0 Å². The lowest BCUT2D eigenvalue weighted by atomic mass is 10.5. The lowest BCUT2D eigenvalue weighted by molar-refractivity contribution is 0.155. The van der Waals surface area contributed by atoms with E-state index < -0.39 is 0 Å². The molecule has 0 atom stereocenters. The van der Waals surface area contributed by atoms with Crippen LogP contribution in [0.15, 0.2) is 31.4 Å². The molecule has 1 amide bonds. The molecule has 0 unspecified atom stereocenters. The van der Waals surface area contributed by atoms with Gasteiger partial charge in [-0.15, -0.1) is 6.58 Å². The number of aromatic nitrogens is 2. The topological polar surface area (TPSA) is 47.4 Å². The first-order valence-corrected chi connectivity index (χ1v) is 4.66. The molecule has 0 saturated carbocycles. The normalized spacial score (nSPS) is 9.93. The van der Waals surface area contributed by atoms with Crippen LogP contribution in [0.3, 0.4) is 0 Å². The fraction of sp³-hybridized carbons (Fsp3) is 0.400. The summed E-state index contributed by atoms with van der Waals surface area (Å²) in [4.78, 5) is 17.3. The molecule has 0 N–H and O–H groups in total. The van der Waals surface area contributed by atoms with E-state index in [-0.39, 0.29) is 6.03 Å². The SMILES string of the molecule is C=CCN(CCOC)C(=O)n1ccnc1. The zero-order valence-corrected chi connectivity index (χ0v) is 8.80. The van der Waals surface area contributed by atoms with Crippen LogP contribution in [0.25, 0.3) is 0 Å². The number of carbonyl (C=O) groups is 1. The standard InChI is InChI=1S/C10H15N3O2/c1-3-5-12(7-8-15-2)10(14)13-6-4-11-9-13/h3-4,6,9H,1,5,7-8H2,2H3. The Hall–Kier alpha value is -1.62. The Bertz CT molecular complexity index is 308. The van der Waals surface area contributed by atoms with Crippen LogP contribution < -0.4 is 0 Å². The van der Waals surface area contributed by atoms with Gasteiger partial charge in [0, 0.05) is 32.6 Å². The largest absolute Gasteiger partial charge is 0.383 e. The lowest BCUT2D eigenvalue weighted by Crippen LogP contribution is -2.36. The molecule has 0 spiro atoms. The van der Waals surface area contributed by atoms with Crippen LogP contribution in [0.4, 0.5) is 4.79 Å². The first-order chi connectivity index (χ1) is 7.29. The van der Waals surface area contributed by atoms with E-state index in [1.165, 1.54) is 10.9 Å². The highest BCUT2D eigenvalue weighted by molar-refractivity contribution is 5.76. The highest BCUT2D eigenvalue weighted by Crippen LogP contribution is 1.96. The van der Waals surface area contributed by atoms with Crippen molar-refractivity contribution < 1.29 is 9.53 Å². The highest BCUT2D eigenvalue weighted by Gasteiger charge is 2.12. The molecular formula is C10H15N3O2. The molecule has 0 bridgehead atoms. The van der Waals surface area contributed by atoms with Crippen molar-refractivity contribution in [1.82, 2.24) is 14.5 Å². The summed E-state index contributed by atoms with van der Waals surface area (Å²) in [6.07, 6.45) is 6.35. The van der Waals surface area contributed by atoms with Crippen molar-refractivity contribution in [2.24, 2.45) is 0 Å². The fourth-order valence-corrected chi connectivity index (χ4v) is 1.16. The molecular weight excluding hydrogens is 194 g/mol. The van der Waals surface area contributed by atoms with Crippen molar-refractivity contribution >= 4 is 6.03 Å². The molecule has 1 aromatic rings. The number of amides is 1. The number of nitrogens with zero attached hydrogens (tertiary/aromatic N) is 3. The van der Waals surface area contributed by atoms with Crippen LogP contribution >= 0.6 is 0 Å². The molecule has 82 valence electrons. The Morgan fingerprint density at radius 1 is 1.73 bits per heavy atom. The minimum atomic E-state index is -0.121. The third-order valence-corrected chi connectivity index (χ3v) is 1.91. The van der Waals surface area contributed by atoms with E-state index in [9.17, 15) is 4.79 Å². The van der Waals surface area contributed by atoms with Gasteiger partial charge in [0.25, 0.3) is 0 Å². The maximum atomic E-state index is 11.8. The summed E-state index contributed by atoms with van der Waals surface area (Å²) < 4.78 is 6.36. The maximum Gasteiger partial charge on any atom is 0.329 e. The summed E-state index contributed by atoms with van der Waals surface area (Å²) in [5.74, 6) is 0. The number of imidazole rings is 1. The summed E-state index contributed by atoms with van der Waals surface area (Å²) in [5.41, 5.74) is 0. The third kappa shape index (κ3) is 3.21. The Balaban J connectivity index is 2.62.